The van der Waals surface area contributed by atoms with Crippen molar-refractivity contribution in [3.63, 3.8) is 0 Å². The molecule has 180 valence electrons. The van der Waals surface area contributed by atoms with Crippen LogP contribution in [0.2, 0.25) is 0 Å². The number of carbonyl (C=O) groups excluding carboxylic acids is 1. The van der Waals surface area contributed by atoms with Gasteiger partial charge in [0.1, 0.15) is 18.5 Å². The molecule has 0 radical (unpaired) electrons. The Bertz CT molecular complexity index is 1180. The zero-order valence-electron chi connectivity index (χ0n) is 19.7. The summed E-state index contributed by atoms with van der Waals surface area (Å²) in [7, 11) is 0. The fourth-order valence-corrected chi connectivity index (χ4v) is 5.43. The van der Waals surface area contributed by atoms with Gasteiger partial charge in [-0.25, -0.2) is 4.79 Å². The minimum atomic E-state index is -0.412. The molecule has 6 rings (SSSR count). The summed E-state index contributed by atoms with van der Waals surface area (Å²) in [6.45, 7) is 2.41. The molecule has 1 amide bonds. The van der Waals surface area contributed by atoms with Crippen LogP contribution < -0.4 is 15.4 Å². The predicted molar refractivity (Wildman–Crippen MR) is 135 cm³/mol. The number of hydrogen-bond acceptors (Lipinski definition) is 5. The first-order valence-corrected chi connectivity index (χ1v) is 12.5. The summed E-state index contributed by atoms with van der Waals surface area (Å²) in [5.41, 5.74) is 7.09. The predicted octanol–water partition coefficient (Wildman–Crippen LogP) is 5.12. The van der Waals surface area contributed by atoms with E-state index in [1.54, 1.807) is 0 Å². The lowest BCUT2D eigenvalue weighted by atomic mass is 9.98. The van der Waals surface area contributed by atoms with Crippen LogP contribution in [0.3, 0.4) is 0 Å². The smallest absolute Gasteiger partial charge is 0.407 e. The van der Waals surface area contributed by atoms with Gasteiger partial charge in [0.05, 0.1) is 12.6 Å². The fraction of sp³-hybridized carbons (Fsp3) is 0.345. The molecule has 2 N–H and O–H groups in total. The van der Waals surface area contributed by atoms with Gasteiger partial charge in [-0.3, -0.25) is 0 Å². The number of hydrogen-bond donors (Lipinski definition) is 2. The first-order chi connectivity index (χ1) is 17.2. The highest BCUT2D eigenvalue weighted by atomic mass is 16.5. The molecule has 6 nitrogen and oxygen atoms in total. The van der Waals surface area contributed by atoms with Gasteiger partial charge in [-0.15, -0.1) is 0 Å². The van der Waals surface area contributed by atoms with Crippen molar-refractivity contribution in [2.45, 2.75) is 37.4 Å². The number of benzene rings is 3. The van der Waals surface area contributed by atoms with Crippen molar-refractivity contribution in [3.8, 4) is 16.9 Å². The van der Waals surface area contributed by atoms with Crippen LogP contribution >= 0.6 is 0 Å². The minimum Gasteiger partial charge on any atom is -0.488 e. The molecule has 6 heteroatoms. The topological polar surface area (TPSA) is 68.8 Å². The van der Waals surface area contributed by atoms with Crippen LogP contribution in [0.4, 0.5) is 10.5 Å². The SMILES string of the molecule is O=C(NCC1Cc2cc(NCC3CCCO3)ccc2O1)OCC1c2ccccc2-c2ccccc21. The van der Waals surface area contributed by atoms with E-state index in [-0.39, 0.29) is 12.0 Å². The molecule has 1 fully saturated rings. The third-order valence-electron chi connectivity index (χ3n) is 7.18. The molecule has 0 aromatic heterocycles. The number of carbonyl (C=O) groups is 1. The number of ether oxygens (including phenoxy) is 3. The van der Waals surface area contributed by atoms with Crippen LogP contribution in [0.25, 0.3) is 11.1 Å². The zero-order chi connectivity index (χ0) is 23.6. The molecule has 1 saturated heterocycles. The van der Waals surface area contributed by atoms with Crippen molar-refractivity contribution in [3.05, 3.63) is 83.4 Å². The highest BCUT2D eigenvalue weighted by Gasteiger charge is 2.29. The van der Waals surface area contributed by atoms with E-state index in [1.165, 1.54) is 22.3 Å². The standard InChI is InChI=1S/C29H30N2O4/c32-29(34-18-27-25-9-3-1-7-23(25)24-8-2-4-10-26(24)27)31-17-22-15-19-14-20(11-12-28(19)35-22)30-16-21-6-5-13-33-21/h1-4,7-12,14,21-22,27,30H,5-6,13,15-18H2,(H,31,32). The average Bonchev–Trinajstić information content (AvgIpc) is 3.62. The van der Waals surface area contributed by atoms with E-state index in [4.69, 9.17) is 14.2 Å². The lowest BCUT2D eigenvalue weighted by Gasteiger charge is -2.16. The van der Waals surface area contributed by atoms with Crippen molar-refractivity contribution in [1.82, 2.24) is 5.32 Å². The number of fused-ring (bicyclic) bond motifs is 4. The van der Waals surface area contributed by atoms with Crippen LogP contribution in [-0.4, -0.2) is 44.6 Å². The molecule has 2 atom stereocenters. The number of amides is 1. The van der Waals surface area contributed by atoms with E-state index in [1.807, 2.05) is 36.4 Å². The fourth-order valence-electron chi connectivity index (χ4n) is 5.43. The van der Waals surface area contributed by atoms with Gasteiger partial charge in [-0.1, -0.05) is 48.5 Å². The molecule has 1 aliphatic carbocycles. The molecular formula is C29H30N2O4. The highest BCUT2D eigenvalue weighted by Crippen LogP contribution is 2.44. The molecule has 3 aromatic rings. The Morgan fingerprint density at radius 3 is 2.46 bits per heavy atom. The highest BCUT2D eigenvalue weighted by molar-refractivity contribution is 5.79. The Hall–Kier alpha value is -3.51. The van der Waals surface area contributed by atoms with Gasteiger partial charge in [-0.05, 0) is 58.9 Å². The van der Waals surface area contributed by atoms with Crippen LogP contribution in [0, 0.1) is 0 Å². The van der Waals surface area contributed by atoms with Crippen molar-refractivity contribution in [2.75, 3.05) is 31.6 Å². The number of rotatable bonds is 7. The summed E-state index contributed by atoms with van der Waals surface area (Å²) in [5.74, 6) is 0.938. The summed E-state index contributed by atoms with van der Waals surface area (Å²) < 4.78 is 17.4. The quantitative estimate of drug-likeness (QED) is 0.502. The van der Waals surface area contributed by atoms with Crippen LogP contribution in [-0.2, 0) is 15.9 Å². The molecule has 2 heterocycles. The van der Waals surface area contributed by atoms with E-state index in [0.29, 0.717) is 19.3 Å². The Labute approximate surface area is 205 Å². The van der Waals surface area contributed by atoms with Gasteiger partial charge >= 0.3 is 6.09 Å². The second-order valence-corrected chi connectivity index (χ2v) is 9.49. The third-order valence-corrected chi connectivity index (χ3v) is 7.18. The van der Waals surface area contributed by atoms with Gasteiger partial charge in [0.2, 0.25) is 0 Å². The van der Waals surface area contributed by atoms with Gasteiger partial charge in [-0.2, -0.15) is 0 Å². The molecule has 0 spiro atoms. The molecule has 35 heavy (non-hydrogen) atoms. The maximum absolute atomic E-state index is 12.5. The molecule has 2 aliphatic heterocycles. The molecule has 0 saturated carbocycles. The normalized spacial score (nSPS) is 20.0. The van der Waals surface area contributed by atoms with Crippen LogP contribution in [0.5, 0.6) is 5.75 Å². The van der Waals surface area contributed by atoms with Crippen molar-refractivity contribution in [1.29, 1.82) is 0 Å². The van der Waals surface area contributed by atoms with Gasteiger partial charge in [0.15, 0.2) is 0 Å². The molecular weight excluding hydrogens is 440 g/mol. The van der Waals surface area contributed by atoms with E-state index in [0.717, 1.165) is 49.4 Å². The maximum atomic E-state index is 12.5. The summed E-state index contributed by atoms with van der Waals surface area (Å²) in [6, 6.07) is 22.9. The number of alkyl carbamates (subject to hydrolysis) is 1. The molecule has 0 bridgehead atoms. The average molecular weight is 471 g/mol. The van der Waals surface area contributed by atoms with Crippen LogP contribution in [0.15, 0.2) is 66.7 Å². The van der Waals surface area contributed by atoms with E-state index in [9.17, 15) is 4.79 Å². The molecule has 3 aromatic carbocycles. The molecule has 2 unspecified atom stereocenters. The van der Waals surface area contributed by atoms with Gasteiger partial charge < -0.3 is 24.8 Å². The van der Waals surface area contributed by atoms with Crippen LogP contribution in [0.1, 0.15) is 35.4 Å². The second-order valence-electron chi connectivity index (χ2n) is 9.49. The Morgan fingerprint density at radius 2 is 1.71 bits per heavy atom. The lowest BCUT2D eigenvalue weighted by Crippen LogP contribution is -2.35. The number of nitrogens with one attached hydrogen (secondary N) is 2. The monoisotopic (exact) mass is 470 g/mol. The Morgan fingerprint density at radius 1 is 0.943 bits per heavy atom. The second kappa shape index (κ2) is 9.62. The Balaban J connectivity index is 0.998. The summed E-state index contributed by atoms with van der Waals surface area (Å²) in [6.07, 6.45) is 2.81. The van der Waals surface area contributed by atoms with Crippen molar-refractivity contribution < 1.29 is 19.0 Å². The molecule has 3 aliphatic rings. The summed E-state index contributed by atoms with van der Waals surface area (Å²) in [5, 5.41) is 6.36. The summed E-state index contributed by atoms with van der Waals surface area (Å²) >= 11 is 0. The maximum Gasteiger partial charge on any atom is 0.407 e. The van der Waals surface area contributed by atoms with Crippen molar-refractivity contribution in [2.24, 2.45) is 0 Å². The summed E-state index contributed by atoms with van der Waals surface area (Å²) in [4.78, 5) is 12.5. The Kier molecular flexibility index (Phi) is 6.05. The van der Waals surface area contributed by atoms with E-state index >= 15 is 0 Å². The largest absolute Gasteiger partial charge is 0.488 e. The lowest BCUT2D eigenvalue weighted by molar-refractivity contribution is 0.120. The zero-order valence-corrected chi connectivity index (χ0v) is 19.7. The number of anilines is 1. The van der Waals surface area contributed by atoms with Crippen molar-refractivity contribution >= 4 is 11.8 Å². The van der Waals surface area contributed by atoms with E-state index < -0.39 is 6.09 Å². The van der Waals surface area contributed by atoms with E-state index in [2.05, 4.69) is 41.0 Å². The van der Waals surface area contributed by atoms with Gasteiger partial charge in [0.25, 0.3) is 0 Å². The first-order valence-electron chi connectivity index (χ1n) is 12.5. The first kappa shape index (κ1) is 22.0. The van der Waals surface area contributed by atoms with Gasteiger partial charge in [0, 0.05) is 31.2 Å². The third kappa shape index (κ3) is 4.58. The minimum absolute atomic E-state index is 0.0562.